The van der Waals surface area contributed by atoms with Crippen LogP contribution in [0.2, 0.25) is 5.15 Å². The lowest BCUT2D eigenvalue weighted by atomic mass is 10.1. The summed E-state index contributed by atoms with van der Waals surface area (Å²) in [5, 5.41) is 9.03. The Balaban J connectivity index is 1.51. The molecule has 142 valence electrons. The van der Waals surface area contributed by atoms with E-state index in [2.05, 4.69) is 20.4 Å². The number of alkyl halides is 2. The summed E-state index contributed by atoms with van der Waals surface area (Å²) in [6.07, 6.45) is 5.93. The SMILES string of the molecule is FC(F)n1cc(COc2ccc3c(Nc4ccc(Cl)nc4)nccc3c2)cn1. The first-order chi connectivity index (χ1) is 13.6. The molecule has 0 radical (unpaired) electrons. The van der Waals surface area contributed by atoms with Crippen molar-refractivity contribution >= 4 is 33.9 Å². The van der Waals surface area contributed by atoms with E-state index in [0.717, 1.165) is 16.5 Å². The van der Waals surface area contributed by atoms with Crippen molar-refractivity contribution in [1.82, 2.24) is 19.7 Å². The molecule has 3 heterocycles. The summed E-state index contributed by atoms with van der Waals surface area (Å²) in [5.41, 5.74) is 1.33. The van der Waals surface area contributed by atoms with E-state index in [0.29, 0.717) is 27.0 Å². The minimum atomic E-state index is -2.66. The second-order valence-electron chi connectivity index (χ2n) is 5.93. The molecular weight excluding hydrogens is 388 g/mol. The van der Waals surface area contributed by atoms with Crippen molar-refractivity contribution in [2.75, 3.05) is 5.32 Å². The highest BCUT2D eigenvalue weighted by Crippen LogP contribution is 2.28. The maximum absolute atomic E-state index is 12.6. The predicted molar refractivity (Wildman–Crippen MR) is 102 cm³/mol. The lowest BCUT2D eigenvalue weighted by Crippen LogP contribution is -1.98. The van der Waals surface area contributed by atoms with Gasteiger partial charge >= 0.3 is 6.55 Å². The molecule has 3 aromatic heterocycles. The topological polar surface area (TPSA) is 64.9 Å². The third-order valence-corrected chi connectivity index (χ3v) is 4.21. The molecular formula is C19H14ClF2N5O. The summed E-state index contributed by atoms with van der Waals surface area (Å²) in [6, 6.07) is 10.9. The Hall–Kier alpha value is -3.26. The van der Waals surface area contributed by atoms with Crippen molar-refractivity contribution < 1.29 is 13.5 Å². The maximum atomic E-state index is 12.6. The monoisotopic (exact) mass is 401 g/mol. The third-order valence-electron chi connectivity index (χ3n) is 3.99. The summed E-state index contributed by atoms with van der Waals surface area (Å²) in [7, 11) is 0. The number of aromatic nitrogens is 4. The van der Waals surface area contributed by atoms with Gasteiger partial charge in [0.1, 0.15) is 23.3 Å². The molecule has 0 aliphatic rings. The number of nitrogens with zero attached hydrogens (tertiary/aromatic N) is 4. The summed E-state index contributed by atoms with van der Waals surface area (Å²) in [4.78, 5) is 8.41. The largest absolute Gasteiger partial charge is 0.489 e. The van der Waals surface area contributed by atoms with Crippen LogP contribution in [-0.2, 0) is 6.61 Å². The van der Waals surface area contributed by atoms with Crippen molar-refractivity contribution in [2.45, 2.75) is 13.2 Å². The highest BCUT2D eigenvalue weighted by Gasteiger charge is 2.09. The van der Waals surface area contributed by atoms with Gasteiger partial charge in [-0.3, -0.25) is 0 Å². The lowest BCUT2D eigenvalue weighted by molar-refractivity contribution is 0.0564. The fraction of sp³-hybridized carbons (Fsp3) is 0.105. The number of rotatable bonds is 6. The van der Waals surface area contributed by atoms with Crippen molar-refractivity contribution in [2.24, 2.45) is 0 Å². The molecule has 0 aliphatic heterocycles. The van der Waals surface area contributed by atoms with Gasteiger partial charge in [0, 0.05) is 23.3 Å². The van der Waals surface area contributed by atoms with E-state index < -0.39 is 6.55 Å². The van der Waals surface area contributed by atoms with Gasteiger partial charge in [-0.15, -0.1) is 0 Å². The van der Waals surface area contributed by atoms with Crippen LogP contribution in [0.1, 0.15) is 12.1 Å². The Bertz CT molecular complexity index is 1100. The fourth-order valence-corrected chi connectivity index (χ4v) is 2.77. The van der Waals surface area contributed by atoms with Crippen LogP contribution in [0, 0.1) is 0 Å². The van der Waals surface area contributed by atoms with E-state index in [1.807, 2.05) is 24.3 Å². The van der Waals surface area contributed by atoms with E-state index in [-0.39, 0.29) is 6.61 Å². The molecule has 1 N–H and O–H groups in total. The first-order valence-corrected chi connectivity index (χ1v) is 8.67. The van der Waals surface area contributed by atoms with Gasteiger partial charge < -0.3 is 10.1 Å². The second-order valence-corrected chi connectivity index (χ2v) is 6.32. The molecule has 0 amide bonds. The van der Waals surface area contributed by atoms with Crippen molar-refractivity contribution in [3.8, 4) is 5.75 Å². The van der Waals surface area contributed by atoms with Gasteiger partial charge in [0.25, 0.3) is 0 Å². The molecule has 6 nitrogen and oxygen atoms in total. The molecule has 0 fully saturated rings. The molecule has 0 unspecified atom stereocenters. The molecule has 0 saturated carbocycles. The smallest absolute Gasteiger partial charge is 0.333 e. The van der Waals surface area contributed by atoms with Crippen LogP contribution >= 0.6 is 11.6 Å². The Kier molecular flexibility index (Phi) is 5.03. The van der Waals surface area contributed by atoms with Gasteiger partial charge in [-0.05, 0) is 41.8 Å². The predicted octanol–water partition coefficient (Wildman–Crippen LogP) is 5.20. The number of pyridine rings is 2. The summed E-state index contributed by atoms with van der Waals surface area (Å²) >= 11 is 5.81. The average molecular weight is 402 g/mol. The van der Waals surface area contributed by atoms with Crippen molar-refractivity contribution in [3.05, 3.63) is 71.9 Å². The molecule has 0 bridgehead atoms. The normalized spacial score (nSPS) is 11.1. The van der Waals surface area contributed by atoms with E-state index in [4.69, 9.17) is 16.3 Å². The minimum Gasteiger partial charge on any atom is -0.489 e. The average Bonchev–Trinajstić information content (AvgIpc) is 3.18. The molecule has 0 atom stereocenters. The number of nitrogens with one attached hydrogen (secondary N) is 1. The van der Waals surface area contributed by atoms with Crippen LogP contribution in [0.15, 0.2) is 61.2 Å². The third kappa shape index (κ3) is 4.01. The standard InChI is InChI=1S/C19H14ClF2N5O/c20-17-4-1-14(9-24-17)26-18-16-3-2-15(7-13(16)5-6-23-18)28-11-12-8-25-27(10-12)19(21)22/h1-10,19H,11H2,(H,23,26). The Labute approximate surface area is 163 Å². The minimum absolute atomic E-state index is 0.144. The maximum Gasteiger partial charge on any atom is 0.333 e. The van der Waals surface area contributed by atoms with Gasteiger partial charge in [0.05, 0.1) is 18.1 Å². The number of fused-ring (bicyclic) bond motifs is 1. The van der Waals surface area contributed by atoms with Crippen molar-refractivity contribution in [1.29, 1.82) is 0 Å². The zero-order chi connectivity index (χ0) is 19.5. The zero-order valence-corrected chi connectivity index (χ0v) is 15.1. The molecule has 0 saturated heterocycles. The Morgan fingerprint density at radius 1 is 1.11 bits per heavy atom. The fourth-order valence-electron chi connectivity index (χ4n) is 2.66. The van der Waals surface area contributed by atoms with Crippen molar-refractivity contribution in [3.63, 3.8) is 0 Å². The van der Waals surface area contributed by atoms with E-state index >= 15 is 0 Å². The van der Waals surface area contributed by atoms with Crippen LogP contribution in [0.25, 0.3) is 10.8 Å². The zero-order valence-electron chi connectivity index (χ0n) is 14.4. The summed E-state index contributed by atoms with van der Waals surface area (Å²) in [6.45, 7) is -2.52. The van der Waals surface area contributed by atoms with Crippen LogP contribution < -0.4 is 10.1 Å². The Morgan fingerprint density at radius 2 is 2.00 bits per heavy atom. The van der Waals surface area contributed by atoms with E-state index in [1.165, 1.54) is 12.4 Å². The number of benzene rings is 1. The van der Waals surface area contributed by atoms with Crippen LogP contribution in [0.3, 0.4) is 0 Å². The van der Waals surface area contributed by atoms with E-state index in [1.54, 1.807) is 24.5 Å². The molecule has 9 heteroatoms. The van der Waals surface area contributed by atoms with Crippen LogP contribution in [0.4, 0.5) is 20.3 Å². The molecule has 4 aromatic rings. The second kappa shape index (κ2) is 7.77. The molecule has 0 spiro atoms. The van der Waals surface area contributed by atoms with Gasteiger partial charge in [0.15, 0.2) is 0 Å². The number of ether oxygens (including phenoxy) is 1. The number of anilines is 2. The van der Waals surface area contributed by atoms with Gasteiger partial charge in [-0.25, -0.2) is 14.6 Å². The number of hydrogen-bond donors (Lipinski definition) is 1. The first-order valence-electron chi connectivity index (χ1n) is 8.30. The van der Waals surface area contributed by atoms with Gasteiger partial charge in [-0.2, -0.15) is 13.9 Å². The number of hydrogen-bond acceptors (Lipinski definition) is 5. The summed E-state index contributed by atoms with van der Waals surface area (Å²) < 4.78 is 31.4. The molecule has 4 rings (SSSR count). The van der Waals surface area contributed by atoms with Crippen LogP contribution in [0.5, 0.6) is 5.75 Å². The molecule has 28 heavy (non-hydrogen) atoms. The van der Waals surface area contributed by atoms with Crippen LogP contribution in [-0.4, -0.2) is 19.7 Å². The van der Waals surface area contributed by atoms with Gasteiger partial charge in [-0.1, -0.05) is 11.6 Å². The van der Waals surface area contributed by atoms with Gasteiger partial charge in [0.2, 0.25) is 0 Å². The first kappa shape index (κ1) is 18.1. The number of halogens is 3. The summed E-state index contributed by atoms with van der Waals surface area (Å²) in [5.74, 6) is 1.29. The lowest BCUT2D eigenvalue weighted by Gasteiger charge is -2.10. The van der Waals surface area contributed by atoms with E-state index in [9.17, 15) is 8.78 Å². The quantitative estimate of drug-likeness (QED) is 0.450. The highest BCUT2D eigenvalue weighted by molar-refractivity contribution is 6.29. The Morgan fingerprint density at radius 3 is 2.75 bits per heavy atom. The highest BCUT2D eigenvalue weighted by atomic mass is 35.5. The molecule has 0 aliphatic carbocycles. The molecule has 1 aromatic carbocycles.